The van der Waals surface area contributed by atoms with Crippen LogP contribution in [-0.4, -0.2) is 21.4 Å². The van der Waals surface area contributed by atoms with Crippen molar-refractivity contribution in [3.8, 4) is 5.75 Å². The van der Waals surface area contributed by atoms with Gasteiger partial charge in [0.2, 0.25) is 0 Å². The van der Waals surface area contributed by atoms with E-state index in [1.807, 2.05) is 30.3 Å². The van der Waals surface area contributed by atoms with Crippen LogP contribution >= 0.6 is 11.3 Å². The molecule has 4 rings (SSSR count). The number of rotatable bonds is 5. The van der Waals surface area contributed by atoms with E-state index in [4.69, 9.17) is 4.74 Å². The lowest BCUT2D eigenvalue weighted by molar-refractivity contribution is 0.0738. The van der Waals surface area contributed by atoms with Gasteiger partial charge >= 0.3 is 5.97 Å². The smallest absolute Gasteiger partial charge is 0.354 e. The second-order valence-electron chi connectivity index (χ2n) is 6.98. The lowest BCUT2D eigenvalue weighted by Crippen LogP contribution is -2.22. The van der Waals surface area contributed by atoms with Crippen molar-refractivity contribution >= 4 is 33.4 Å². The van der Waals surface area contributed by atoms with Gasteiger partial charge in [-0.05, 0) is 36.2 Å². The molecule has 0 atom stereocenters. The van der Waals surface area contributed by atoms with Crippen LogP contribution in [0.3, 0.4) is 0 Å². The Hall–Kier alpha value is -3.78. The summed E-state index contributed by atoms with van der Waals surface area (Å²) in [5.41, 5.74) is 1.69. The number of hydrogen-bond acceptors (Lipinski definition) is 6. The third kappa shape index (κ3) is 4.24. The Morgan fingerprint density at radius 3 is 2.68 bits per heavy atom. The Labute approximate surface area is 181 Å². The molecule has 1 amide bonds. The molecule has 0 radical (unpaired) electrons. The molecule has 8 heteroatoms. The molecule has 2 heterocycles. The number of ether oxygens (including phenoxy) is 1. The van der Waals surface area contributed by atoms with E-state index in [-0.39, 0.29) is 17.2 Å². The third-order valence-corrected chi connectivity index (χ3v) is 5.98. The molecule has 0 fully saturated rings. The zero-order chi connectivity index (χ0) is 22.0. The van der Waals surface area contributed by atoms with E-state index in [1.54, 1.807) is 32.2 Å². The van der Waals surface area contributed by atoms with E-state index in [2.05, 4.69) is 10.3 Å². The van der Waals surface area contributed by atoms with Crippen molar-refractivity contribution in [3.63, 3.8) is 0 Å². The molecule has 31 heavy (non-hydrogen) atoms. The number of benzene rings is 2. The molecular weight excluding hydrogens is 414 g/mol. The van der Waals surface area contributed by atoms with Gasteiger partial charge in [-0.2, -0.15) is 0 Å². The standard InChI is InChI=1S/C23H19N3O4S/c1-14-18-21(25-13-26(2)22(18)28)31-19(14)23(29)30-17-10-6-9-16(11-17)20(27)24-12-15-7-4-3-5-8-15/h3-11,13H,12H2,1-2H3,(H,24,27). The fourth-order valence-electron chi connectivity index (χ4n) is 3.14. The van der Waals surface area contributed by atoms with Gasteiger partial charge < -0.3 is 14.6 Å². The first-order valence-electron chi connectivity index (χ1n) is 9.53. The first-order chi connectivity index (χ1) is 14.9. The maximum atomic E-state index is 12.7. The summed E-state index contributed by atoms with van der Waals surface area (Å²) < 4.78 is 6.86. The lowest BCUT2D eigenvalue weighted by atomic mass is 10.2. The van der Waals surface area contributed by atoms with Gasteiger partial charge in [0, 0.05) is 19.2 Å². The summed E-state index contributed by atoms with van der Waals surface area (Å²) in [6, 6.07) is 16.0. The minimum absolute atomic E-state index is 0.213. The number of nitrogens with zero attached hydrogens (tertiary/aromatic N) is 2. The number of fused-ring (bicyclic) bond motifs is 1. The SMILES string of the molecule is Cc1c(C(=O)Oc2cccc(C(=O)NCc3ccccc3)c2)sc2ncn(C)c(=O)c12. The van der Waals surface area contributed by atoms with E-state index in [0.717, 1.165) is 16.9 Å². The van der Waals surface area contributed by atoms with Crippen LogP contribution < -0.4 is 15.6 Å². The lowest BCUT2D eigenvalue weighted by Gasteiger charge is -2.08. The van der Waals surface area contributed by atoms with Crippen molar-refractivity contribution in [2.45, 2.75) is 13.5 Å². The normalized spacial score (nSPS) is 10.8. The zero-order valence-electron chi connectivity index (χ0n) is 16.9. The molecule has 0 bridgehead atoms. The van der Waals surface area contributed by atoms with Gasteiger partial charge in [-0.3, -0.25) is 9.59 Å². The summed E-state index contributed by atoms with van der Waals surface area (Å²) in [4.78, 5) is 42.6. The average Bonchev–Trinajstić information content (AvgIpc) is 3.12. The number of carbonyl (C=O) groups is 2. The fourth-order valence-corrected chi connectivity index (χ4v) is 4.15. The second-order valence-corrected chi connectivity index (χ2v) is 7.98. The van der Waals surface area contributed by atoms with E-state index in [1.165, 1.54) is 17.0 Å². The largest absolute Gasteiger partial charge is 0.422 e. The first-order valence-corrected chi connectivity index (χ1v) is 10.3. The number of esters is 1. The molecular formula is C23H19N3O4S. The van der Waals surface area contributed by atoms with Crippen LogP contribution in [0.25, 0.3) is 10.2 Å². The van der Waals surface area contributed by atoms with Crippen molar-refractivity contribution in [1.29, 1.82) is 0 Å². The summed E-state index contributed by atoms with van der Waals surface area (Å²) >= 11 is 1.11. The molecule has 7 nitrogen and oxygen atoms in total. The molecule has 0 saturated carbocycles. The highest BCUT2D eigenvalue weighted by Gasteiger charge is 2.21. The Balaban J connectivity index is 1.51. The van der Waals surface area contributed by atoms with Crippen LogP contribution in [0.5, 0.6) is 5.75 Å². The monoisotopic (exact) mass is 433 g/mol. The number of aryl methyl sites for hydroxylation is 2. The zero-order valence-corrected chi connectivity index (χ0v) is 17.7. The van der Waals surface area contributed by atoms with Gasteiger partial charge in [0.15, 0.2) is 0 Å². The number of aromatic nitrogens is 2. The van der Waals surface area contributed by atoms with Crippen LogP contribution in [0.4, 0.5) is 0 Å². The van der Waals surface area contributed by atoms with Crippen LogP contribution in [0, 0.1) is 6.92 Å². The molecule has 0 aliphatic carbocycles. The number of hydrogen-bond donors (Lipinski definition) is 1. The molecule has 1 N–H and O–H groups in total. The summed E-state index contributed by atoms with van der Waals surface area (Å²) in [7, 11) is 1.61. The van der Waals surface area contributed by atoms with Crippen molar-refractivity contribution in [2.75, 3.05) is 0 Å². The Morgan fingerprint density at radius 1 is 1.13 bits per heavy atom. The van der Waals surface area contributed by atoms with Gasteiger partial charge in [0.05, 0.1) is 11.7 Å². The predicted molar refractivity (Wildman–Crippen MR) is 119 cm³/mol. The molecule has 0 aliphatic heterocycles. The highest BCUT2D eigenvalue weighted by Crippen LogP contribution is 2.28. The minimum atomic E-state index is -0.593. The number of amides is 1. The molecule has 0 aliphatic rings. The Bertz CT molecular complexity index is 1340. The average molecular weight is 433 g/mol. The molecule has 0 spiro atoms. The van der Waals surface area contributed by atoms with E-state index in [9.17, 15) is 14.4 Å². The van der Waals surface area contributed by atoms with E-state index >= 15 is 0 Å². The fraction of sp³-hybridized carbons (Fsp3) is 0.130. The quantitative estimate of drug-likeness (QED) is 0.385. The van der Waals surface area contributed by atoms with E-state index < -0.39 is 5.97 Å². The van der Waals surface area contributed by atoms with Gasteiger partial charge in [-0.25, -0.2) is 9.78 Å². The maximum absolute atomic E-state index is 12.7. The summed E-state index contributed by atoms with van der Waals surface area (Å²) in [6.07, 6.45) is 1.42. The molecule has 156 valence electrons. The number of carbonyl (C=O) groups excluding carboxylic acids is 2. The number of nitrogens with one attached hydrogen (secondary N) is 1. The van der Waals surface area contributed by atoms with E-state index in [0.29, 0.717) is 32.8 Å². The van der Waals surface area contributed by atoms with Crippen LogP contribution in [0.1, 0.15) is 31.2 Å². The highest BCUT2D eigenvalue weighted by molar-refractivity contribution is 7.20. The Kier molecular flexibility index (Phi) is 5.64. The minimum Gasteiger partial charge on any atom is -0.422 e. The topological polar surface area (TPSA) is 90.3 Å². The van der Waals surface area contributed by atoms with Gasteiger partial charge in [-0.1, -0.05) is 36.4 Å². The van der Waals surface area contributed by atoms with Crippen molar-refractivity contribution < 1.29 is 14.3 Å². The van der Waals surface area contributed by atoms with Crippen molar-refractivity contribution in [3.05, 3.63) is 92.8 Å². The van der Waals surface area contributed by atoms with Crippen LogP contribution in [-0.2, 0) is 13.6 Å². The second kappa shape index (κ2) is 8.53. The molecule has 0 saturated heterocycles. The number of thiophene rings is 1. The first kappa shape index (κ1) is 20.5. The maximum Gasteiger partial charge on any atom is 0.354 e. The molecule has 0 unspecified atom stereocenters. The van der Waals surface area contributed by atoms with Crippen molar-refractivity contribution in [1.82, 2.24) is 14.9 Å². The summed E-state index contributed by atoms with van der Waals surface area (Å²) in [5.74, 6) is -0.619. The molecule has 2 aromatic carbocycles. The third-order valence-electron chi connectivity index (χ3n) is 4.80. The van der Waals surface area contributed by atoms with Crippen LogP contribution in [0.2, 0.25) is 0 Å². The summed E-state index contributed by atoms with van der Waals surface area (Å²) in [5, 5.41) is 3.26. The predicted octanol–water partition coefficient (Wildman–Crippen LogP) is 3.45. The van der Waals surface area contributed by atoms with Gasteiger partial charge in [0.1, 0.15) is 15.5 Å². The molecule has 4 aromatic rings. The van der Waals surface area contributed by atoms with Crippen molar-refractivity contribution in [2.24, 2.45) is 7.05 Å². The van der Waals surface area contributed by atoms with Gasteiger partial charge in [0.25, 0.3) is 11.5 Å². The highest BCUT2D eigenvalue weighted by atomic mass is 32.1. The molecule has 2 aromatic heterocycles. The van der Waals surface area contributed by atoms with Gasteiger partial charge in [-0.15, -0.1) is 11.3 Å². The summed E-state index contributed by atoms with van der Waals surface area (Å²) in [6.45, 7) is 2.10. The van der Waals surface area contributed by atoms with Crippen LogP contribution in [0.15, 0.2) is 65.7 Å². The Morgan fingerprint density at radius 2 is 1.90 bits per heavy atom.